The van der Waals surface area contributed by atoms with E-state index in [0.717, 1.165) is 23.3 Å². The Labute approximate surface area is 106 Å². The van der Waals surface area contributed by atoms with Crippen LogP contribution in [0.5, 0.6) is 0 Å². The van der Waals surface area contributed by atoms with E-state index in [4.69, 9.17) is 0 Å². The standard InChI is InChI=1S/C12H20BrN3/c1-9-5-7-14-12(11(9)13)15-10(2)6-8-16(3)4/h5,7,10H,6,8H2,1-4H3,(H,14,15). The van der Waals surface area contributed by atoms with Crippen molar-refractivity contribution in [3.05, 3.63) is 22.3 Å². The number of hydrogen-bond donors (Lipinski definition) is 1. The molecule has 4 heteroatoms. The summed E-state index contributed by atoms with van der Waals surface area (Å²) >= 11 is 3.55. The van der Waals surface area contributed by atoms with Gasteiger partial charge in [-0.25, -0.2) is 4.98 Å². The van der Waals surface area contributed by atoms with Crippen LogP contribution in [0.15, 0.2) is 16.7 Å². The molecule has 90 valence electrons. The van der Waals surface area contributed by atoms with Gasteiger partial charge < -0.3 is 10.2 Å². The van der Waals surface area contributed by atoms with E-state index in [2.05, 4.69) is 59.1 Å². The molecule has 1 heterocycles. The molecule has 0 aliphatic rings. The molecule has 0 spiro atoms. The van der Waals surface area contributed by atoms with Gasteiger partial charge >= 0.3 is 0 Å². The van der Waals surface area contributed by atoms with Gasteiger partial charge in [0.1, 0.15) is 5.82 Å². The molecule has 1 aromatic rings. The topological polar surface area (TPSA) is 28.2 Å². The maximum atomic E-state index is 4.33. The Morgan fingerprint density at radius 1 is 1.50 bits per heavy atom. The molecule has 0 fully saturated rings. The Bertz CT molecular complexity index is 339. The summed E-state index contributed by atoms with van der Waals surface area (Å²) in [6.07, 6.45) is 2.94. The molecular formula is C12H20BrN3. The van der Waals surface area contributed by atoms with Gasteiger partial charge in [0.25, 0.3) is 0 Å². The lowest BCUT2D eigenvalue weighted by Gasteiger charge is -2.18. The predicted octanol–water partition coefficient (Wildman–Crippen LogP) is 2.90. The molecule has 0 amide bonds. The third-order valence-electron chi connectivity index (χ3n) is 2.47. The Morgan fingerprint density at radius 2 is 2.19 bits per heavy atom. The van der Waals surface area contributed by atoms with E-state index in [1.165, 1.54) is 5.56 Å². The van der Waals surface area contributed by atoms with E-state index in [9.17, 15) is 0 Å². The van der Waals surface area contributed by atoms with Gasteiger partial charge in [0.2, 0.25) is 0 Å². The van der Waals surface area contributed by atoms with Crippen LogP contribution in [0.3, 0.4) is 0 Å². The fourth-order valence-electron chi connectivity index (χ4n) is 1.40. The number of nitrogens with one attached hydrogen (secondary N) is 1. The lowest BCUT2D eigenvalue weighted by Crippen LogP contribution is -2.23. The molecule has 0 radical (unpaired) electrons. The molecule has 1 atom stereocenters. The molecule has 1 unspecified atom stereocenters. The van der Waals surface area contributed by atoms with Crippen LogP contribution in [0.1, 0.15) is 18.9 Å². The predicted molar refractivity (Wildman–Crippen MR) is 72.9 cm³/mol. The summed E-state index contributed by atoms with van der Waals surface area (Å²) in [4.78, 5) is 6.53. The summed E-state index contributed by atoms with van der Waals surface area (Å²) in [5.74, 6) is 0.936. The van der Waals surface area contributed by atoms with E-state index in [-0.39, 0.29) is 0 Å². The summed E-state index contributed by atoms with van der Waals surface area (Å²) in [6.45, 7) is 5.33. The molecule has 1 rings (SSSR count). The smallest absolute Gasteiger partial charge is 0.140 e. The highest BCUT2D eigenvalue weighted by Gasteiger charge is 2.07. The summed E-state index contributed by atoms with van der Waals surface area (Å²) < 4.78 is 1.06. The zero-order valence-corrected chi connectivity index (χ0v) is 12.0. The van der Waals surface area contributed by atoms with Crippen LogP contribution < -0.4 is 5.32 Å². The average Bonchev–Trinajstić information content (AvgIpc) is 2.22. The molecule has 16 heavy (non-hydrogen) atoms. The minimum atomic E-state index is 0.424. The fourth-order valence-corrected chi connectivity index (χ4v) is 1.75. The zero-order valence-electron chi connectivity index (χ0n) is 10.4. The first-order valence-corrected chi connectivity index (χ1v) is 6.32. The largest absolute Gasteiger partial charge is 0.367 e. The van der Waals surface area contributed by atoms with Crippen molar-refractivity contribution >= 4 is 21.7 Å². The second kappa shape index (κ2) is 6.21. The van der Waals surface area contributed by atoms with Gasteiger partial charge in [-0.2, -0.15) is 0 Å². The van der Waals surface area contributed by atoms with E-state index < -0.39 is 0 Å². The highest BCUT2D eigenvalue weighted by Crippen LogP contribution is 2.24. The monoisotopic (exact) mass is 285 g/mol. The van der Waals surface area contributed by atoms with Gasteiger partial charge in [0.15, 0.2) is 0 Å². The van der Waals surface area contributed by atoms with Crippen LogP contribution >= 0.6 is 15.9 Å². The van der Waals surface area contributed by atoms with Gasteiger partial charge in [0.05, 0.1) is 4.47 Å². The number of nitrogens with zero attached hydrogens (tertiary/aromatic N) is 2. The summed E-state index contributed by atoms with van der Waals surface area (Å²) in [5, 5.41) is 3.42. The SMILES string of the molecule is Cc1ccnc(NC(C)CCN(C)C)c1Br. The highest BCUT2D eigenvalue weighted by molar-refractivity contribution is 9.10. The van der Waals surface area contributed by atoms with Gasteiger partial charge in [-0.1, -0.05) is 0 Å². The minimum absolute atomic E-state index is 0.424. The van der Waals surface area contributed by atoms with Crippen molar-refractivity contribution in [2.45, 2.75) is 26.3 Å². The normalized spacial score (nSPS) is 12.9. The van der Waals surface area contributed by atoms with E-state index in [1.54, 1.807) is 0 Å². The van der Waals surface area contributed by atoms with Crippen molar-refractivity contribution in [1.82, 2.24) is 9.88 Å². The minimum Gasteiger partial charge on any atom is -0.367 e. The Morgan fingerprint density at radius 3 is 2.81 bits per heavy atom. The van der Waals surface area contributed by atoms with Crippen molar-refractivity contribution in [1.29, 1.82) is 0 Å². The number of hydrogen-bond acceptors (Lipinski definition) is 3. The van der Waals surface area contributed by atoms with Crippen molar-refractivity contribution in [2.75, 3.05) is 26.0 Å². The van der Waals surface area contributed by atoms with Gasteiger partial charge in [-0.05, 0) is 68.5 Å². The molecule has 0 saturated heterocycles. The molecule has 1 aromatic heterocycles. The van der Waals surface area contributed by atoms with E-state index in [0.29, 0.717) is 6.04 Å². The van der Waals surface area contributed by atoms with Gasteiger partial charge in [0, 0.05) is 12.2 Å². The fraction of sp³-hybridized carbons (Fsp3) is 0.583. The van der Waals surface area contributed by atoms with E-state index >= 15 is 0 Å². The number of halogens is 1. The first kappa shape index (κ1) is 13.5. The van der Waals surface area contributed by atoms with Crippen molar-refractivity contribution < 1.29 is 0 Å². The van der Waals surface area contributed by atoms with Crippen molar-refractivity contribution in [3.8, 4) is 0 Å². The first-order chi connectivity index (χ1) is 7.50. The maximum absolute atomic E-state index is 4.33. The Hall–Kier alpha value is -0.610. The second-order valence-corrected chi connectivity index (χ2v) is 5.22. The van der Waals surface area contributed by atoms with E-state index in [1.807, 2.05) is 12.3 Å². The lowest BCUT2D eigenvalue weighted by atomic mass is 10.2. The molecule has 1 N–H and O–H groups in total. The number of anilines is 1. The van der Waals surface area contributed by atoms with Crippen LogP contribution in [0.25, 0.3) is 0 Å². The molecule has 0 aliphatic heterocycles. The Kier molecular flexibility index (Phi) is 5.22. The van der Waals surface area contributed by atoms with Crippen molar-refractivity contribution in [3.63, 3.8) is 0 Å². The number of aromatic nitrogens is 1. The average molecular weight is 286 g/mol. The maximum Gasteiger partial charge on any atom is 0.140 e. The highest BCUT2D eigenvalue weighted by atomic mass is 79.9. The van der Waals surface area contributed by atoms with Crippen LogP contribution in [0.2, 0.25) is 0 Å². The van der Waals surface area contributed by atoms with Crippen LogP contribution in [0.4, 0.5) is 5.82 Å². The van der Waals surface area contributed by atoms with Crippen LogP contribution in [0, 0.1) is 6.92 Å². The van der Waals surface area contributed by atoms with Crippen molar-refractivity contribution in [2.24, 2.45) is 0 Å². The first-order valence-electron chi connectivity index (χ1n) is 5.53. The number of aryl methyl sites for hydroxylation is 1. The summed E-state index contributed by atoms with van der Waals surface area (Å²) in [5.41, 5.74) is 1.21. The molecule has 3 nitrogen and oxygen atoms in total. The molecule has 0 aliphatic carbocycles. The zero-order chi connectivity index (χ0) is 12.1. The molecular weight excluding hydrogens is 266 g/mol. The summed E-state index contributed by atoms with van der Waals surface area (Å²) in [6, 6.07) is 2.42. The molecule has 0 saturated carbocycles. The number of pyridine rings is 1. The quantitative estimate of drug-likeness (QED) is 0.902. The van der Waals surface area contributed by atoms with Gasteiger partial charge in [-0.3, -0.25) is 0 Å². The van der Waals surface area contributed by atoms with Crippen LogP contribution in [-0.4, -0.2) is 36.6 Å². The number of rotatable bonds is 5. The third kappa shape index (κ3) is 4.10. The third-order valence-corrected chi connectivity index (χ3v) is 3.48. The summed E-state index contributed by atoms with van der Waals surface area (Å²) in [7, 11) is 4.18. The second-order valence-electron chi connectivity index (χ2n) is 4.43. The van der Waals surface area contributed by atoms with Gasteiger partial charge in [-0.15, -0.1) is 0 Å². The molecule has 0 aromatic carbocycles. The van der Waals surface area contributed by atoms with Crippen LogP contribution in [-0.2, 0) is 0 Å². The lowest BCUT2D eigenvalue weighted by molar-refractivity contribution is 0.390. The Balaban J connectivity index is 2.56. The molecule has 0 bridgehead atoms.